The minimum absolute atomic E-state index is 0.0719. The Bertz CT molecular complexity index is 1290. The van der Waals surface area contributed by atoms with Gasteiger partial charge in [-0.15, -0.1) is 0 Å². The van der Waals surface area contributed by atoms with E-state index in [1.165, 1.54) is 0 Å². The van der Waals surface area contributed by atoms with Crippen LogP contribution in [0.3, 0.4) is 0 Å². The van der Waals surface area contributed by atoms with Gasteiger partial charge in [-0.1, -0.05) is 6.07 Å². The van der Waals surface area contributed by atoms with Crippen molar-refractivity contribution < 1.29 is 9.53 Å². The van der Waals surface area contributed by atoms with Crippen LogP contribution < -0.4 is 15.5 Å². The molecular weight excluding hydrogens is 480 g/mol. The van der Waals surface area contributed by atoms with E-state index >= 15 is 0 Å². The summed E-state index contributed by atoms with van der Waals surface area (Å²) in [4.78, 5) is 30.2. The van der Waals surface area contributed by atoms with E-state index in [2.05, 4.69) is 34.0 Å². The van der Waals surface area contributed by atoms with Crippen molar-refractivity contribution in [1.82, 2.24) is 24.5 Å². The van der Waals surface area contributed by atoms with Crippen LogP contribution in [0, 0.1) is 0 Å². The molecule has 202 valence electrons. The lowest BCUT2D eigenvalue weighted by atomic mass is 9.81. The number of piperidine rings is 1. The van der Waals surface area contributed by atoms with E-state index in [0.29, 0.717) is 19.8 Å². The van der Waals surface area contributed by atoms with Crippen LogP contribution in [0.15, 0.2) is 36.7 Å². The first-order valence-corrected chi connectivity index (χ1v) is 13.9. The predicted octanol–water partition coefficient (Wildman–Crippen LogP) is 2.53. The number of nitrogens with two attached hydrogens (primary N) is 1. The fourth-order valence-corrected chi connectivity index (χ4v) is 5.96. The molecule has 2 saturated heterocycles. The van der Waals surface area contributed by atoms with E-state index < -0.39 is 5.41 Å². The van der Waals surface area contributed by atoms with Crippen LogP contribution >= 0.6 is 0 Å². The fraction of sp³-hybridized carbons (Fsp3) is 0.571. The number of pyridine rings is 1. The molecule has 3 aromatic heterocycles. The molecular formula is C28H38N8O2. The Morgan fingerprint density at radius 3 is 2.76 bits per heavy atom. The van der Waals surface area contributed by atoms with Crippen molar-refractivity contribution in [2.24, 2.45) is 5.73 Å². The normalized spacial score (nSPS) is 25.7. The monoisotopic (exact) mass is 518 g/mol. The number of hydrogen-bond donors (Lipinski definition) is 1. The van der Waals surface area contributed by atoms with Crippen molar-refractivity contribution in [2.45, 2.75) is 56.5 Å². The molecule has 0 aliphatic carbocycles. The molecule has 10 heteroatoms. The van der Waals surface area contributed by atoms with Crippen molar-refractivity contribution in [3.63, 3.8) is 0 Å². The van der Waals surface area contributed by atoms with Crippen LogP contribution in [0.5, 0.6) is 0 Å². The number of fused-ring (bicyclic) bond motifs is 3. The summed E-state index contributed by atoms with van der Waals surface area (Å²) in [6.07, 6.45) is 8.32. The SMILES string of the molecule is CN1CCCCOCC(C)(c2cccnc2)C(=O)N2CCCCC2c2cc3nc(N4CC(N)C4)cc1n3n2. The third kappa shape index (κ3) is 4.49. The number of carbonyl (C=O) groups excluding carboxylic acids is 1. The molecule has 2 atom stereocenters. The van der Waals surface area contributed by atoms with Gasteiger partial charge in [0.2, 0.25) is 5.91 Å². The van der Waals surface area contributed by atoms with Crippen molar-refractivity contribution in [1.29, 1.82) is 0 Å². The van der Waals surface area contributed by atoms with Gasteiger partial charge in [0.05, 0.1) is 23.8 Å². The van der Waals surface area contributed by atoms with Crippen LogP contribution in [-0.2, 0) is 14.9 Å². The molecule has 2 bridgehead atoms. The first-order chi connectivity index (χ1) is 18.4. The second kappa shape index (κ2) is 10.1. The average Bonchev–Trinajstić information content (AvgIpc) is 3.36. The topological polar surface area (TPSA) is 105 Å². The fourth-order valence-electron chi connectivity index (χ4n) is 5.96. The van der Waals surface area contributed by atoms with Gasteiger partial charge in [0.1, 0.15) is 11.6 Å². The van der Waals surface area contributed by atoms with Crippen molar-refractivity contribution >= 4 is 23.2 Å². The second-order valence-electron chi connectivity index (χ2n) is 11.2. The average molecular weight is 519 g/mol. The predicted molar refractivity (Wildman–Crippen MR) is 146 cm³/mol. The maximum absolute atomic E-state index is 14.4. The molecule has 0 spiro atoms. The molecule has 38 heavy (non-hydrogen) atoms. The summed E-state index contributed by atoms with van der Waals surface area (Å²) in [6, 6.07) is 8.15. The number of hydrogen-bond acceptors (Lipinski definition) is 8. The van der Waals surface area contributed by atoms with E-state index in [-0.39, 0.29) is 18.0 Å². The van der Waals surface area contributed by atoms with E-state index in [0.717, 1.165) is 80.3 Å². The molecule has 10 nitrogen and oxygen atoms in total. The van der Waals surface area contributed by atoms with Crippen LogP contribution in [0.2, 0.25) is 0 Å². The quantitative estimate of drug-likeness (QED) is 0.552. The Morgan fingerprint density at radius 2 is 1.97 bits per heavy atom. The Labute approximate surface area is 223 Å². The first-order valence-electron chi connectivity index (χ1n) is 13.9. The zero-order valence-electron chi connectivity index (χ0n) is 22.4. The molecule has 0 radical (unpaired) electrons. The third-order valence-electron chi connectivity index (χ3n) is 8.34. The highest BCUT2D eigenvalue weighted by Crippen LogP contribution is 2.37. The van der Waals surface area contributed by atoms with Gasteiger partial charge in [-0.2, -0.15) is 9.61 Å². The van der Waals surface area contributed by atoms with E-state index in [9.17, 15) is 4.79 Å². The number of aromatic nitrogens is 4. The maximum atomic E-state index is 14.4. The van der Waals surface area contributed by atoms with Gasteiger partial charge in [0, 0.05) is 70.4 Å². The molecule has 6 rings (SSSR count). The van der Waals surface area contributed by atoms with Crippen LogP contribution in [0.4, 0.5) is 11.6 Å². The molecule has 2 N–H and O–H groups in total. The summed E-state index contributed by atoms with van der Waals surface area (Å²) in [5.74, 6) is 2.00. The lowest BCUT2D eigenvalue weighted by Crippen LogP contribution is -2.56. The van der Waals surface area contributed by atoms with Crippen molar-refractivity contribution in [3.05, 3.63) is 47.9 Å². The Hall–Kier alpha value is -3.24. The van der Waals surface area contributed by atoms with E-state index in [4.69, 9.17) is 20.6 Å². The molecule has 2 fully saturated rings. The van der Waals surface area contributed by atoms with Gasteiger partial charge >= 0.3 is 0 Å². The minimum atomic E-state index is -0.827. The summed E-state index contributed by atoms with van der Waals surface area (Å²) in [5, 5.41) is 5.09. The maximum Gasteiger partial charge on any atom is 0.235 e. The number of ether oxygens (including phenoxy) is 1. The summed E-state index contributed by atoms with van der Waals surface area (Å²) in [6.45, 7) is 6.11. The molecule has 1 amide bonds. The molecule has 3 aliphatic rings. The standard InChI is InChI=1S/C28H38N8O2/c1-28(20-8-7-10-30-16-20)19-38-13-6-5-11-33(2)26-15-24(34-17-21(29)18-34)31-25-14-22(32-36(25)26)23-9-3-4-12-35(23)27(28)37/h7-8,10,14-16,21,23H,3-6,9,11-13,17-19,29H2,1-2H3. The van der Waals surface area contributed by atoms with Gasteiger partial charge < -0.3 is 25.2 Å². The van der Waals surface area contributed by atoms with Gasteiger partial charge in [-0.25, -0.2) is 4.98 Å². The lowest BCUT2D eigenvalue weighted by Gasteiger charge is -2.41. The van der Waals surface area contributed by atoms with Crippen LogP contribution in [-0.4, -0.2) is 82.9 Å². The number of nitrogens with zero attached hydrogens (tertiary/aromatic N) is 7. The molecule has 3 aromatic rings. The first kappa shape index (κ1) is 25.1. The Kier molecular flexibility index (Phi) is 6.69. The number of anilines is 2. The van der Waals surface area contributed by atoms with E-state index in [1.54, 1.807) is 12.4 Å². The van der Waals surface area contributed by atoms with Gasteiger partial charge in [0.25, 0.3) is 0 Å². The summed E-state index contributed by atoms with van der Waals surface area (Å²) >= 11 is 0. The number of rotatable bonds is 2. The summed E-state index contributed by atoms with van der Waals surface area (Å²) in [5.41, 5.74) is 7.83. The van der Waals surface area contributed by atoms with Crippen LogP contribution in [0.1, 0.15) is 56.3 Å². The molecule has 0 saturated carbocycles. The van der Waals surface area contributed by atoms with Crippen LogP contribution in [0.25, 0.3) is 5.65 Å². The van der Waals surface area contributed by atoms with Crippen molar-refractivity contribution in [2.75, 3.05) is 56.2 Å². The molecule has 3 aliphatic heterocycles. The highest BCUT2D eigenvalue weighted by Gasteiger charge is 2.43. The molecule has 2 unspecified atom stereocenters. The smallest absolute Gasteiger partial charge is 0.235 e. The highest BCUT2D eigenvalue weighted by atomic mass is 16.5. The zero-order chi connectivity index (χ0) is 26.3. The van der Waals surface area contributed by atoms with Gasteiger partial charge in [-0.3, -0.25) is 9.78 Å². The van der Waals surface area contributed by atoms with E-state index in [1.807, 2.05) is 28.5 Å². The number of carbonyl (C=O) groups is 1. The molecule has 0 aromatic carbocycles. The summed E-state index contributed by atoms with van der Waals surface area (Å²) < 4.78 is 8.14. The zero-order valence-corrected chi connectivity index (χ0v) is 22.4. The van der Waals surface area contributed by atoms with Crippen molar-refractivity contribution in [3.8, 4) is 0 Å². The second-order valence-corrected chi connectivity index (χ2v) is 11.2. The highest BCUT2D eigenvalue weighted by molar-refractivity contribution is 5.88. The lowest BCUT2D eigenvalue weighted by molar-refractivity contribution is -0.143. The van der Waals surface area contributed by atoms with Gasteiger partial charge in [0.15, 0.2) is 5.65 Å². The Balaban J connectivity index is 1.44. The third-order valence-corrected chi connectivity index (χ3v) is 8.34. The molecule has 6 heterocycles. The largest absolute Gasteiger partial charge is 0.380 e. The summed E-state index contributed by atoms with van der Waals surface area (Å²) in [7, 11) is 2.11. The minimum Gasteiger partial charge on any atom is -0.380 e. The number of amides is 1. The van der Waals surface area contributed by atoms with Gasteiger partial charge in [-0.05, 0) is 50.7 Å². The Morgan fingerprint density at radius 1 is 1.13 bits per heavy atom.